The van der Waals surface area contributed by atoms with Gasteiger partial charge in [0.05, 0.1) is 5.69 Å². The van der Waals surface area contributed by atoms with Crippen LogP contribution >= 0.6 is 11.3 Å². The van der Waals surface area contributed by atoms with Crippen LogP contribution in [0.1, 0.15) is 25.7 Å². The Labute approximate surface area is 125 Å². The fraction of sp³-hybridized carbons (Fsp3) is 0.333. The lowest BCUT2D eigenvalue weighted by Crippen LogP contribution is -2.20. The first kappa shape index (κ1) is 14.1. The van der Waals surface area contributed by atoms with Crippen LogP contribution < -0.4 is 5.32 Å². The minimum atomic E-state index is -0.532. The molecule has 1 saturated carbocycles. The molecule has 2 aromatic rings. The molecule has 1 amide bonds. The molecule has 0 unspecified atom stereocenters. The van der Waals surface area contributed by atoms with Crippen molar-refractivity contribution in [3.05, 3.63) is 35.2 Å². The quantitative estimate of drug-likeness (QED) is 0.922. The van der Waals surface area contributed by atoms with Crippen molar-refractivity contribution >= 4 is 22.4 Å². The number of thiazole rings is 1. The molecule has 1 aliphatic carbocycles. The molecule has 0 aliphatic heterocycles. The number of halogens is 2. The molecule has 1 N–H and O–H groups in total. The predicted octanol–water partition coefficient (Wildman–Crippen LogP) is 4.22. The van der Waals surface area contributed by atoms with Crippen molar-refractivity contribution in [3.8, 4) is 11.3 Å². The van der Waals surface area contributed by atoms with Crippen molar-refractivity contribution in [2.75, 3.05) is 5.32 Å². The number of anilines is 1. The van der Waals surface area contributed by atoms with Gasteiger partial charge in [0, 0.05) is 16.9 Å². The Kier molecular flexibility index (Phi) is 3.96. The topological polar surface area (TPSA) is 42.0 Å². The van der Waals surface area contributed by atoms with Gasteiger partial charge in [-0.1, -0.05) is 12.8 Å². The van der Waals surface area contributed by atoms with Crippen molar-refractivity contribution in [1.29, 1.82) is 0 Å². The number of aromatic nitrogens is 1. The lowest BCUT2D eigenvalue weighted by Gasteiger charge is -2.07. The van der Waals surface area contributed by atoms with Crippen molar-refractivity contribution in [2.45, 2.75) is 25.7 Å². The summed E-state index contributed by atoms with van der Waals surface area (Å²) in [5.41, 5.74) is 0.436. The Morgan fingerprint density at radius 2 is 2.05 bits per heavy atom. The third-order valence-corrected chi connectivity index (χ3v) is 4.42. The fourth-order valence-electron chi connectivity index (χ4n) is 2.54. The molecule has 1 aromatic carbocycles. The van der Waals surface area contributed by atoms with E-state index < -0.39 is 11.6 Å². The normalized spacial score (nSPS) is 15.3. The van der Waals surface area contributed by atoms with Gasteiger partial charge in [0.2, 0.25) is 5.91 Å². The van der Waals surface area contributed by atoms with E-state index in [9.17, 15) is 13.6 Å². The molecular weight excluding hydrogens is 294 g/mol. The first-order valence-corrected chi connectivity index (χ1v) is 7.73. The largest absolute Gasteiger partial charge is 0.302 e. The van der Waals surface area contributed by atoms with E-state index in [-0.39, 0.29) is 17.4 Å². The number of nitrogens with zero attached hydrogens (tertiary/aromatic N) is 1. The lowest BCUT2D eigenvalue weighted by molar-refractivity contribution is -0.119. The molecule has 1 heterocycles. The zero-order valence-corrected chi connectivity index (χ0v) is 12.1. The summed E-state index contributed by atoms with van der Waals surface area (Å²) in [6, 6.07) is 3.24. The smallest absolute Gasteiger partial charge is 0.229 e. The summed E-state index contributed by atoms with van der Waals surface area (Å²) in [6.07, 6.45) is 3.97. The van der Waals surface area contributed by atoms with Crippen molar-refractivity contribution in [2.24, 2.45) is 5.92 Å². The second-order valence-electron chi connectivity index (χ2n) is 5.13. The van der Waals surface area contributed by atoms with Crippen LogP contribution in [0, 0.1) is 17.6 Å². The Morgan fingerprint density at radius 1 is 1.29 bits per heavy atom. The van der Waals surface area contributed by atoms with Gasteiger partial charge in [-0.3, -0.25) is 4.79 Å². The average molecular weight is 308 g/mol. The maximum atomic E-state index is 13.7. The molecule has 1 aliphatic rings. The van der Waals surface area contributed by atoms with Crippen LogP contribution in [0.5, 0.6) is 0 Å². The van der Waals surface area contributed by atoms with E-state index in [0.717, 1.165) is 43.9 Å². The number of nitrogens with one attached hydrogen (secondary N) is 1. The summed E-state index contributed by atoms with van der Waals surface area (Å²) in [5, 5.41) is 4.80. The summed E-state index contributed by atoms with van der Waals surface area (Å²) >= 11 is 1.21. The zero-order chi connectivity index (χ0) is 14.8. The molecule has 0 radical (unpaired) electrons. The van der Waals surface area contributed by atoms with Gasteiger partial charge in [0.15, 0.2) is 5.13 Å². The Hall–Kier alpha value is -1.82. The maximum absolute atomic E-state index is 13.7. The van der Waals surface area contributed by atoms with E-state index in [2.05, 4.69) is 10.3 Å². The summed E-state index contributed by atoms with van der Waals surface area (Å²) in [5.74, 6) is -1.04. The van der Waals surface area contributed by atoms with Crippen LogP contribution in [0.15, 0.2) is 23.6 Å². The third kappa shape index (κ3) is 3.10. The van der Waals surface area contributed by atoms with Gasteiger partial charge in [-0.25, -0.2) is 13.8 Å². The van der Waals surface area contributed by atoms with Gasteiger partial charge >= 0.3 is 0 Å². The number of carbonyl (C=O) groups excluding carboxylic acids is 1. The van der Waals surface area contributed by atoms with E-state index in [1.807, 2.05) is 0 Å². The van der Waals surface area contributed by atoms with Gasteiger partial charge in [-0.05, 0) is 31.0 Å². The second kappa shape index (κ2) is 5.89. The lowest BCUT2D eigenvalue weighted by atomic mass is 10.1. The van der Waals surface area contributed by atoms with Crippen molar-refractivity contribution in [1.82, 2.24) is 4.98 Å². The highest BCUT2D eigenvalue weighted by molar-refractivity contribution is 7.14. The molecule has 0 atom stereocenters. The van der Waals surface area contributed by atoms with E-state index in [0.29, 0.717) is 10.8 Å². The number of amides is 1. The van der Waals surface area contributed by atoms with E-state index in [4.69, 9.17) is 0 Å². The van der Waals surface area contributed by atoms with Crippen LogP contribution in [0.3, 0.4) is 0 Å². The number of hydrogen-bond donors (Lipinski definition) is 1. The summed E-state index contributed by atoms with van der Waals surface area (Å²) in [6.45, 7) is 0. The molecule has 1 aromatic heterocycles. The number of rotatable bonds is 3. The molecule has 0 spiro atoms. The molecule has 3 nitrogen and oxygen atoms in total. The standard InChI is InChI=1S/C15H14F2N2OS/c16-10-5-6-12(17)11(7-10)13-8-21-15(18-13)19-14(20)9-3-1-2-4-9/h5-9H,1-4H2,(H,18,19,20). The van der Waals surface area contributed by atoms with Gasteiger partial charge in [0.1, 0.15) is 11.6 Å². The molecule has 21 heavy (non-hydrogen) atoms. The number of carbonyl (C=O) groups is 1. The molecule has 3 rings (SSSR count). The summed E-state index contributed by atoms with van der Waals surface area (Å²) in [4.78, 5) is 16.2. The van der Waals surface area contributed by atoms with Gasteiger partial charge in [0.25, 0.3) is 0 Å². The Balaban J connectivity index is 1.77. The van der Waals surface area contributed by atoms with Gasteiger partial charge in [-0.15, -0.1) is 11.3 Å². The predicted molar refractivity (Wildman–Crippen MR) is 78.1 cm³/mol. The van der Waals surface area contributed by atoms with Crippen molar-refractivity contribution < 1.29 is 13.6 Å². The van der Waals surface area contributed by atoms with E-state index in [1.165, 1.54) is 11.3 Å². The van der Waals surface area contributed by atoms with Crippen LogP contribution in [-0.2, 0) is 4.79 Å². The highest BCUT2D eigenvalue weighted by Crippen LogP contribution is 2.30. The molecular formula is C15H14F2N2OS. The van der Waals surface area contributed by atoms with Crippen LogP contribution in [-0.4, -0.2) is 10.9 Å². The number of hydrogen-bond acceptors (Lipinski definition) is 3. The van der Waals surface area contributed by atoms with Gasteiger partial charge in [-0.2, -0.15) is 0 Å². The number of benzene rings is 1. The van der Waals surface area contributed by atoms with Gasteiger partial charge < -0.3 is 5.32 Å². The summed E-state index contributed by atoms with van der Waals surface area (Å²) in [7, 11) is 0. The van der Waals surface area contributed by atoms with E-state index >= 15 is 0 Å². The third-order valence-electron chi connectivity index (χ3n) is 3.66. The first-order chi connectivity index (χ1) is 10.1. The second-order valence-corrected chi connectivity index (χ2v) is 5.99. The minimum absolute atomic E-state index is 0.0342. The highest BCUT2D eigenvalue weighted by Gasteiger charge is 2.23. The highest BCUT2D eigenvalue weighted by atomic mass is 32.1. The van der Waals surface area contributed by atoms with E-state index in [1.54, 1.807) is 5.38 Å². The van der Waals surface area contributed by atoms with Crippen molar-refractivity contribution in [3.63, 3.8) is 0 Å². The Bertz CT molecular complexity index is 665. The zero-order valence-electron chi connectivity index (χ0n) is 11.2. The minimum Gasteiger partial charge on any atom is -0.302 e. The Morgan fingerprint density at radius 3 is 2.81 bits per heavy atom. The molecule has 0 bridgehead atoms. The monoisotopic (exact) mass is 308 g/mol. The molecule has 6 heteroatoms. The van der Waals surface area contributed by atoms with Crippen LogP contribution in [0.4, 0.5) is 13.9 Å². The molecule has 1 fully saturated rings. The molecule has 0 saturated heterocycles. The first-order valence-electron chi connectivity index (χ1n) is 6.85. The SMILES string of the molecule is O=C(Nc1nc(-c2cc(F)ccc2F)cs1)C1CCCC1. The summed E-state index contributed by atoms with van der Waals surface area (Å²) < 4.78 is 26.9. The fourth-order valence-corrected chi connectivity index (χ4v) is 3.26. The van der Waals surface area contributed by atoms with Crippen LogP contribution in [0.25, 0.3) is 11.3 Å². The maximum Gasteiger partial charge on any atom is 0.229 e. The average Bonchev–Trinajstić information content (AvgIpc) is 3.12. The molecule has 110 valence electrons. The van der Waals surface area contributed by atoms with Crippen LogP contribution in [0.2, 0.25) is 0 Å².